The molecule has 1 aromatic rings. The second-order valence-corrected chi connectivity index (χ2v) is 3.86. The SMILES string of the molecule is CC=O.CCCc1c(C)cccc1C.CNC. The number of benzene rings is 1. The first-order valence-corrected chi connectivity index (χ1v) is 6.12. The molecule has 0 aromatic heterocycles. The minimum Gasteiger partial charge on any atom is -0.323 e. The van der Waals surface area contributed by atoms with E-state index in [1.54, 1.807) is 0 Å². The number of nitrogens with one attached hydrogen (secondary N) is 1. The standard InChI is InChI=1S/C11H16.C2H7N.C2H4O/c1-4-6-11-9(2)7-5-8-10(11)3;1-3-2;1-2-3/h5,7-8H,4,6H2,1-3H3;3H,1-2H3;2H,1H3. The molecule has 1 aromatic carbocycles. The Labute approximate surface area is 106 Å². The molecule has 1 rings (SSSR count). The van der Waals surface area contributed by atoms with E-state index in [1.165, 1.54) is 36.5 Å². The van der Waals surface area contributed by atoms with E-state index in [1.807, 2.05) is 14.1 Å². The fourth-order valence-corrected chi connectivity index (χ4v) is 1.49. The van der Waals surface area contributed by atoms with Gasteiger partial charge in [-0.05, 0) is 58.0 Å². The van der Waals surface area contributed by atoms with Crippen LogP contribution in [0.5, 0.6) is 0 Å². The van der Waals surface area contributed by atoms with Crippen molar-refractivity contribution in [2.75, 3.05) is 14.1 Å². The predicted octanol–water partition coefficient (Wildman–Crippen LogP) is 3.30. The summed E-state index contributed by atoms with van der Waals surface area (Å²) in [5, 5.41) is 2.75. The minimum atomic E-state index is 0.750. The van der Waals surface area contributed by atoms with Crippen LogP contribution in [0.2, 0.25) is 0 Å². The highest BCUT2D eigenvalue weighted by Gasteiger charge is 1.98. The summed E-state index contributed by atoms with van der Waals surface area (Å²) in [4.78, 5) is 8.81. The summed E-state index contributed by atoms with van der Waals surface area (Å²) >= 11 is 0. The van der Waals surface area contributed by atoms with Crippen molar-refractivity contribution in [1.29, 1.82) is 0 Å². The fraction of sp³-hybridized carbons (Fsp3) is 0.533. The highest BCUT2D eigenvalue weighted by molar-refractivity contribution is 5.44. The van der Waals surface area contributed by atoms with E-state index in [0.717, 1.165) is 6.29 Å². The molecule has 1 N–H and O–H groups in total. The summed E-state index contributed by atoms with van der Waals surface area (Å²) in [7, 11) is 3.75. The maximum absolute atomic E-state index is 8.81. The van der Waals surface area contributed by atoms with Gasteiger partial charge in [-0.2, -0.15) is 0 Å². The van der Waals surface area contributed by atoms with Gasteiger partial charge in [0.15, 0.2) is 0 Å². The van der Waals surface area contributed by atoms with Crippen LogP contribution in [0.15, 0.2) is 18.2 Å². The Hall–Kier alpha value is -1.15. The molecule has 0 saturated heterocycles. The van der Waals surface area contributed by atoms with Gasteiger partial charge in [0.1, 0.15) is 6.29 Å². The van der Waals surface area contributed by atoms with E-state index in [-0.39, 0.29) is 0 Å². The largest absolute Gasteiger partial charge is 0.323 e. The van der Waals surface area contributed by atoms with Gasteiger partial charge in [0.25, 0.3) is 0 Å². The molecule has 0 unspecified atom stereocenters. The normalized spacial score (nSPS) is 8.35. The van der Waals surface area contributed by atoms with E-state index in [2.05, 4.69) is 44.3 Å². The monoisotopic (exact) mass is 237 g/mol. The van der Waals surface area contributed by atoms with Gasteiger partial charge in [-0.1, -0.05) is 31.5 Å². The lowest BCUT2D eigenvalue weighted by Crippen LogP contribution is -1.91. The van der Waals surface area contributed by atoms with Crippen molar-refractivity contribution in [2.24, 2.45) is 0 Å². The predicted molar refractivity (Wildman–Crippen MR) is 76.6 cm³/mol. The summed E-state index contributed by atoms with van der Waals surface area (Å²) in [6.07, 6.45) is 3.21. The lowest BCUT2D eigenvalue weighted by molar-refractivity contribution is -0.106. The summed E-state index contributed by atoms with van der Waals surface area (Å²) < 4.78 is 0. The van der Waals surface area contributed by atoms with E-state index in [0.29, 0.717) is 0 Å². The van der Waals surface area contributed by atoms with Crippen LogP contribution >= 0.6 is 0 Å². The molecule has 2 nitrogen and oxygen atoms in total. The van der Waals surface area contributed by atoms with Crippen molar-refractivity contribution in [3.05, 3.63) is 34.9 Å². The third kappa shape index (κ3) is 9.76. The second kappa shape index (κ2) is 12.9. The zero-order chi connectivity index (χ0) is 13.7. The molecule has 0 amide bonds. The molecule has 0 spiro atoms. The van der Waals surface area contributed by atoms with Crippen LogP contribution in [0.1, 0.15) is 37.0 Å². The van der Waals surface area contributed by atoms with Crippen LogP contribution in [0.4, 0.5) is 0 Å². The van der Waals surface area contributed by atoms with Crippen LogP contribution in [0, 0.1) is 13.8 Å². The van der Waals surface area contributed by atoms with Crippen molar-refractivity contribution in [2.45, 2.75) is 40.5 Å². The Morgan fingerprint density at radius 3 is 1.82 bits per heavy atom. The molecule has 0 radical (unpaired) electrons. The first-order valence-electron chi connectivity index (χ1n) is 6.12. The Morgan fingerprint density at radius 1 is 1.18 bits per heavy atom. The lowest BCUT2D eigenvalue weighted by atomic mass is 9.99. The van der Waals surface area contributed by atoms with Crippen molar-refractivity contribution in [3.63, 3.8) is 0 Å². The molecule has 0 heterocycles. The van der Waals surface area contributed by atoms with Crippen molar-refractivity contribution in [1.82, 2.24) is 5.32 Å². The van der Waals surface area contributed by atoms with Gasteiger partial charge in [-0.15, -0.1) is 0 Å². The smallest absolute Gasteiger partial charge is 0.116 e. The topological polar surface area (TPSA) is 29.1 Å². The van der Waals surface area contributed by atoms with E-state index in [9.17, 15) is 0 Å². The third-order valence-corrected chi connectivity index (χ3v) is 2.14. The maximum atomic E-state index is 8.81. The fourth-order valence-electron chi connectivity index (χ4n) is 1.49. The third-order valence-electron chi connectivity index (χ3n) is 2.14. The molecular weight excluding hydrogens is 210 g/mol. The molecule has 0 fully saturated rings. The quantitative estimate of drug-likeness (QED) is 0.800. The summed E-state index contributed by atoms with van der Waals surface area (Å²) in [6.45, 7) is 8.06. The summed E-state index contributed by atoms with van der Waals surface area (Å²) in [5.74, 6) is 0. The molecule has 2 heteroatoms. The Balaban J connectivity index is 0. The summed E-state index contributed by atoms with van der Waals surface area (Å²) in [5.41, 5.74) is 4.41. The van der Waals surface area contributed by atoms with Crippen LogP contribution in [-0.2, 0) is 11.2 Å². The molecular formula is C15H27NO. The van der Waals surface area contributed by atoms with Crippen LogP contribution in [0.3, 0.4) is 0 Å². The van der Waals surface area contributed by atoms with Gasteiger partial charge in [-0.25, -0.2) is 0 Å². The number of rotatable bonds is 2. The van der Waals surface area contributed by atoms with Crippen LogP contribution in [-0.4, -0.2) is 20.4 Å². The molecule has 98 valence electrons. The van der Waals surface area contributed by atoms with Crippen molar-refractivity contribution < 1.29 is 4.79 Å². The van der Waals surface area contributed by atoms with E-state index >= 15 is 0 Å². The van der Waals surface area contributed by atoms with Gasteiger partial charge in [-0.3, -0.25) is 0 Å². The molecule has 0 aliphatic carbocycles. The maximum Gasteiger partial charge on any atom is 0.116 e. The Bertz CT molecular complexity index is 275. The molecule has 0 saturated carbocycles. The second-order valence-electron chi connectivity index (χ2n) is 3.86. The zero-order valence-corrected chi connectivity index (χ0v) is 12.1. The highest BCUT2D eigenvalue weighted by atomic mass is 16.1. The number of aryl methyl sites for hydroxylation is 2. The minimum absolute atomic E-state index is 0.750. The van der Waals surface area contributed by atoms with Crippen LogP contribution in [0.25, 0.3) is 0 Å². The Morgan fingerprint density at radius 2 is 1.53 bits per heavy atom. The van der Waals surface area contributed by atoms with E-state index < -0.39 is 0 Å². The average Bonchev–Trinajstić information content (AvgIpc) is 2.26. The van der Waals surface area contributed by atoms with E-state index in [4.69, 9.17) is 4.79 Å². The molecule has 0 bridgehead atoms. The number of carbonyl (C=O) groups excluding carboxylic acids is 1. The van der Waals surface area contributed by atoms with Crippen LogP contribution < -0.4 is 5.32 Å². The van der Waals surface area contributed by atoms with Gasteiger partial charge < -0.3 is 10.1 Å². The van der Waals surface area contributed by atoms with Gasteiger partial charge in [0, 0.05) is 0 Å². The first-order chi connectivity index (χ1) is 8.08. The number of carbonyl (C=O) groups is 1. The number of aldehydes is 1. The summed E-state index contributed by atoms with van der Waals surface area (Å²) in [6, 6.07) is 6.51. The number of hydrogen-bond acceptors (Lipinski definition) is 2. The van der Waals surface area contributed by atoms with Crippen molar-refractivity contribution in [3.8, 4) is 0 Å². The van der Waals surface area contributed by atoms with Gasteiger partial charge in [0.2, 0.25) is 0 Å². The number of hydrogen-bond donors (Lipinski definition) is 1. The molecule has 0 aliphatic heterocycles. The lowest BCUT2D eigenvalue weighted by Gasteiger charge is -2.06. The first kappa shape index (κ1) is 18.2. The molecule has 17 heavy (non-hydrogen) atoms. The van der Waals surface area contributed by atoms with Gasteiger partial charge in [0.05, 0.1) is 0 Å². The Kier molecular flexibility index (Phi) is 13.8. The molecule has 0 aliphatic rings. The highest BCUT2D eigenvalue weighted by Crippen LogP contribution is 2.14. The van der Waals surface area contributed by atoms with Crippen molar-refractivity contribution >= 4 is 6.29 Å². The van der Waals surface area contributed by atoms with Gasteiger partial charge >= 0.3 is 0 Å². The molecule has 0 atom stereocenters. The zero-order valence-electron chi connectivity index (χ0n) is 12.1. The average molecular weight is 237 g/mol.